The quantitative estimate of drug-likeness (QED) is 0.528. The normalized spacial score (nSPS) is 20.7. The van der Waals surface area contributed by atoms with Gasteiger partial charge in [0.1, 0.15) is 10.6 Å². The van der Waals surface area contributed by atoms with Crippen molar-refractivity contribution in [2.45, 2.75) is 56.6 Å². The molecule has 158 valence electrons. The maximum atomic E-state index is 12.8. The van der Waals surface area contributed by atoms with Gasteiger partial charge in [-0.05, 0) is 44.1 Å². The zero-order chi connectivity index (χ0) is 20.6. The predicted octanol–water partition coefficient (Wildman–Crippen LogP) is 2.67. The molecule has 0 aromatic carbocycles. The van der Waals surface area contributed by atoms with E-state index < -0.39 is 9.84 Å². The summed E-state index contributed by atoms with van der Waals surface area (Å²) in [6.07, 6.45) is 5.80. The van der Waals surface area contributed by atoms with Gasteiger partial charge >= 0.3 is 0 Å². The Balaban J connectivity index is 1.48. The molecule has 2 aromatic rings. The number of hydrogen-bond donors (Lipinski definition) is 1. The monoisotopic (exact) mass is 454 g/mol. The molecule has 2 aliphatic rings. The van der Waals surface area contributed by atoms with Gasteiger partial charge in [-0.15, -0.1) is 11.3 Å². The molecule has 0 saturated carbocycles. The topological polar surface area (TPSA) is 106 Å². The molecule has 2 aromatic heterocycles. The van der Waals surface area contributed by atoms with Crippen LogP contribution in [-0.4, -0.2) is 59.0 Å². The molecule has 2 N–H and O–H groups in total. The summed E-state index contributed by atoms with van der Waals surface area (Å²) in [7, 11) is -3.03. The minimum atomic E-state index is -3.03. The highest BCUT2D eigenvalue weighted by atomic mass is 32.2. The van der Waals surface area contributed by atoms with E-state index in [1.54, 1.807) is 16.2 Å². The van der Waals surface area contributed by atoms with Crippen molar-refractivity contribution in [3.8, 4) is 0 Å². The summed E-state index contributed by atoms with van der Waals surface area (Å²) in [4.78, 5) is 25.9. The standard InChI is InChI=1S/C19H26N4O3S3/c1-2-8-23(12-7-9-29(25,26)11-12)15(24)10-27-19-21-17(20)16-13-5-3-4-6-14(13)28-18(16)22-19/h12H,2-11H2,1H3,(H2,20,21,22). The van der Waals surface area contributed by atoms with Crippen molar-refractivity contribution in [1.82, 2.24) is 14.9 Å². The van der Waals surface area contributed by atoms with Gasteiger partial charge in [-0.25, -0.2) is 18.4 Å². The zero-order valence-electron chi connectivity index (χ0n) is 16.5. The number of hydrogen-bond acceptors (Lipinski definition) is 8. The predicted molar refractivity (Wildman–Crippen MR) is 118 cm³/mol. The number of aryl methyl sites for hydroxylation is 2. The van der Waals surface area contributed by atoms with Gasteiger partial charge in [-0.1, -0.05) is 18.7 Å². The summed E-state index contributed by atoms with van der Waals surface area (Å²) >= 11 is 2.97. The van der Waals surface area contributed by atoms with E-state index in [9.17, 15) is 13.2 Å². The molecule has 7 nitrogen and oxygen atoms in total. The van der Waals surface area contributed by atoms with Crippen LogP contribution in [0.3, 0.4) is 0 Å². The van der Waals surface area contributed by atoms with Crippen LogP contribution >= 0.6 is 23.1 Å². The summed E-state index contributed by atoms with van der Waals surface area (Å²) in [6.45, 7) is 2.56. The van der Waals surface area contributed by atoms with Crippen molar-refractivity contribution in [3.05, 3.63) is 10.4 Å². The lowest BCUT2D eigenvalue weighted by molar-refractivity contribution is -0.130. The Hall–Kier alpha value is -1.39. The number of fused-ring (bicyclic) bond motifs is 3. The second-order valence-electron chi connectivity index (χ2n) is 7.72. The molecule has 1 amide bonds. The largest absolute Gasteiger partial charge is 0.383 e. The number of amides is 1. The first-order valence-corrected chi connectivity index (χ1v) is 13.7. The van der Waals surface area contributed by atoms with Crippen LogP contribution in [0.4, 0.5) is 5.82 Å². The van der Waals surface area contributed by atoms with E-state index in [1.807, 2.05) is 6.92 Å². The van der Waals surface area contributed by atoms with Crippen molar-refractivity contribution in [3.63, 3.8) is 0 Å². The molecular weight excluding hydrogens is 428 g/mol. The molecule has 1 aliphatic heterocycles. The fourth-order valence-corrected chi connectivity index (χ4v) is 8.01. The number of carbonyl (C=O) groups is 1. The van der Waals surface area contributed by atoms with Crippen molar-refractivity contribution in [2.75, 3.05) is 29.5 Å². The molecule has 1 atom stereocenters. The SMILES string of the molecule is CCCN(C(=O)CSc1nc(N)c2c3c(sc2n1)CCCC3)C1CCS(=O)(=O)C1. The van der Waals surface area contributed by atoms with Gasteiger partial charge in [0, 0.05) is 17.5 Å². The first-order chi connectivity index (χ1) is 13.9. The maximum absolute atomic E-state index is 12.8. The molecule has 10 heteroatoms. The Bertz CT molecular complexity index is 1030. The van der Waals surface area contributed by atoms with Gasteiger partial charge in [0.05, 0.1) is 22.6 Å². The Kier molecular flexibility index (Phi) is 6.04. The molecule has 3 heterocycles. The summed E-state index contributed by atoms with van der Waals surface area (Å²) in [5, 5.41) is 1.50. The number of aromatic nitrogens is 2. The molecular formula is C19H26N4O3S3. The molecule has 4 rings (SSSR count). The molecule has 1 aliphatic carbocycles. The van der Waals surface area contributed by atoms with E-state index in [0.717, 1.165) is 29.5 Å². The van der Waals surface area contributed by atoms with Gasteiger partial charge in [0.2, 0.25) is 5.91 Å². The van der Waals surface area contributed by atoms with Crippen LogP contribution < -0.4 is 5.73 Å². The van der Waals surface area contributed by atoms with Crippen LogP contribution in [0.15, 0.2) is 5.16 Å². The molecule has 1 unspecified atom stereocenters. The molecule has 0 bridgehead atoms. The Morgan fingerprint density at radius 3 is 2.83 bits per heavy atom. The highest BCUT2D eigenvalue weighted by Gasteiger charge is 2.34. The lowest BCUT2D eigenvalue weighted by Crippen LogP contribution is -2.42. The lowest BCUT2D eigenvalue weighted by Gasteiger charge is -2.27. The van der Waals surface area contributed by atoms with E-state index in [0.29, 0.717) is 23.9 Å². The highest BCUT2D eigenvalue weighted by Crippen LogP contribution is 2.38. The molecule has 0 radical (unpaired) electrons. The second kappa shape index (κ2) is 8.39. The average Bonchev–Trinajstić information content (AvgIpc) is 3.23. The Morgan fingerprint density at radius 1 is 1.31 bits per heavy atom. The van der Waals surface area contributed by atoms with Crippen LogP contribution in [-0.2, 0) is 27.5 Å². The minimum absolute atomic E-state index is 0.0632. The number of rotatable bonds is 6. The van der Waals surface area contributed by atoms with Crippen molar-refractivity contribution in [1.29, 1.82) is 0 Å². The molecule has 1 saturated heterocycles. The number of thioether (sulfide) groups is 1. The lowest BCUT2D eigenvalue weighted by atomic mass is 9.97. The minimum Gasteiger partial charge on any atom is -0.383 e. The number of sulfone groups is 1. The van der Waals surface area contributed by atoms with Gasteiger partial charge in [-0.3, -0.25) is 4.79 Å². The van der Waals surface area contributed by atoms with Crippen molar-refractivity contribution < 1.29 is 13.2 Å². The Morgan fingerprint density at radius 2 is 2.10 bits per heavy atom. The number of nitrogens with two attached hydrogens (primary N) is 1. The van der Waals surface area contributed by atoms with E-state index >= 15 is 0 Å². The van der Waals surface area contributed by atoms with E-state index in [-0.39, 0.29) is 29.2 Å². The number of nitrogen functional groups attached to an aromatic ring is 1. The summed E-state index contributed by atoms with van der Waals surface area (Å²) in [6, 6.07) is -0.217. The molecule has 1 fully saturated rings. The average molecular weight is 455 g/mol. The summed E-state index contributed by atoms with van der Waals surface area (Å²) < 4.78 is 23.6. The maximum Gasteiger partial charge on any atom is 0.233 e. The fourth-order valence-electron chi connectivity index (χ4n) is 4.21. The second-order valence-corrected chi connectivity index (χ2v) is 12.0. The Labute approximate surface area is 179 Å². The first kappa shape index (κ1) is 20.9. The van der Waals surface area contributed by atoms with Crippen molar-refractivity contribution in [2.24, 2.45) is 0 Å². The van der Waals surface area contributed by atoms with Gasteiger partial charge in [0.25, 0.3) is 0 Å². The van der Waals surface area contributed by atoms with E-state index in [1.165, 1.54) is 35.0 Å². The number of nitrogens with zero attached hydrogens (tertiary/aromatic N) is 3. The zero-order valence-corrected chi connectivity index (χ0v) is 19.0. The van der Waals surface area contributed by atoms with E-state index in [2.05, 4.69) is 9.97 Å². The molecule has 0 spiro atoms. The van der Waals surface area contributed by atoms with E-state index in [4.69, 9.17) is 5.73 Å². The van der Waals surface area contributed by atoms with Gasteiger partial charge < -0.3 is 10.6 Å². The first-order valence-electron chi connectivity index (χ1n) is 10.1. The van der Waals surface area contributed by atoms with Gasteiger partial charge in [0.15, 0.2) is 15.0 Å². The fraction of sp³-hybridized carbons (Fsp3) is 0.632. The molecule has 29 heavy (non-hydrogen) atoms. The number of carbonyl (C=O) groups excluding carboxylic acids is 1. The third-order valence-corrected chi connectivity index (χ3v) is 9.35. The third-order valence-electron chi connectivity index (χ3n) is 5.58. The number of anilines is 1. The van der Waals surface area contributed by atoms with Crippen LogP contribution in [0.2, 0.25) is 0 Å². The third kappa shape index (κ3) is 4.39. The number of thiophene rings is 1. The van der Waals surface area contributed by atoms with Crippen molar-refractivity contribution >= 4 is 54.9 Å². The van der Waals surface area contributed by atoms with Crippen LogP contribution in [0, 0.1) is 0 Å². The summed E-state index contributed by atoms with van der Waals surface area (Å²) in [5.74, 6) is 0.854. The summed E-state index contributed by atoms with van der Waals surface area (Å²) in [5.41, 5.74) is 7.55. The van der Waals surface area contributed by atoms with Crippen LogP contribution in [0.25, 0.3) is 10.2 Å². The van der Waals surface area contributed by atoms with Crippen LogP contribution in [0.1, 0.15) is 43.0 Å². The smallest absolute Gasteiger partial charge is 0.233 e. The highest BCUT2D eigenvalue weighted by molar-refractivity contribution is 7.99. The van der Waals surface area contributed by atoms with Crippen LogP contribution in [0.5, 0.6) is 0 Å². The van der Waals surface area contributed by atoms with Gasteiger partial charge in [-0.2, -0.15) is 0 Å².